The first-order valence-electron chi connectivity index (χ1n) is 24.1. The van der Waals surface area contributed by atoms with Gasteiger partial charge >= 0.3 is 5.97 Å². The van der Waals surface area contributed by atoms with E-state index in [0.717, 1.165) is 32.1 Å². The van der Waals surface area contributed by atoms with Crippen molar-refractivity contribution in [2.24, 2.45) is 0 Å². The summed E-state index contributed by atoms with van der Waals surface area (Å²) in [4.78, 5) is 12.8. The zero-order valence-corrected chi connectivity index (χ0v) is 36.7. The second-order valence-electron chi connectivity index (χ2n) is 16.9. The summed E-state index contributed by atoms with van der Waals surface area (Å²) in [6.07, 6.45) is 35.6. The normalized spacial score (nSPS) is 20.4. The number of esters is 1. The number of hydrogen-bond acceptors (Lipinski definition) is 9. The van der Waals surface area contributed by atoms with Crippen molar-refractivity contribution in [3.63, 3.8) is 0 Å². The maximum Gasteiger partial charge on any atom is 0.306 e. The minimum Gasteiger partial charge on any atom is -0.457 e. The number of carbonyl (C=O) groups excluding carboxylic acids is 1. The zero-order chi connectivity index (χ0) is 40.7. The lowest BCUT2D eigenvalue weighted by Crippen LogP contribution is -2.59. The lowest BCUT2D eigenvalue weighted by Gasteiger charge is -2.39. The van der Waals surface area contributed by atoms with Crippen molar-refractivity contribution in [1.82, 2.24) is 0 Å². The molecule has 1 aliphatic rings. The molecule has 4 N–H and O–H groups in total. The Labute approximate surface area is 344 Å². The van der Waals surface area contributed by atoms with Crippen LogP contribution in [0.15, 0.2) is 0 Å². The molecule has 6 atom stereocenters. The molecule has 9 nitrogen and oxygen atoms in total. The van der Waals surface area contributed by atoms with Gasteiger partial charge < -0.3 is 39.4 Å². The van der Waals surface area contributed by atoms with E-state index in [4.69, 9.17) is 18.9 Å². The lowest BCUT2D eigenvalue weighted by molar-refractivity contribution is -0.305. The van der Waals surface area contributed by atoms with Gasteiger partial charge in [0.2, 0.25) is 0 Å². The van der Waals surface area contributed by atoms with Crippen molar-refractivity contribution in [2.45, 2.75) is 269 Å². The highest BCUT2D eigenvalue weighted by molar-refractivity contribution is 5.69. The first kappa shape index (κ1) is 53.2. The van der Waals surface area contributed by atoms with Crippen molar-refractivity contribution >= 4 is 5.97 Å². The maximum atomic E-state index is 12.8. The Hall–Kier alpha value is -0.810. The number of ether oxygens (including phenoxy) is 4. The first-order chi connectivity index (χ1) is 27.4. The number of hydrogen-bond donors (Lipinski definition) is 4. The molecule has 334 valence electrons. The predicted octanol–water partition coefficient (Wildman–Crippen LogP) is 11.0. The number of aliphatic hydroxyl groups excluding tert-OH is 4. The average molecular weight is 801 g/mol. The van der Waals surface area contributed by atoms with Gasteiger partial charge in [-0.05, 0) is 12.8 Å². The highest BCUT2D eigenvalue weighted by Crippen LogP contribution is 2.23. The van der Waals surface area contributed by atoms with Crippen LogP contribution in [0, 0.1) is 0 Å². The first-order valence-corrected chi connectivity index (χ1v) is 24.1. The monoisotopic (exact) mass is 801 g/mol. The van der Waals surface area contributed by atoms with E-state index in [2.05, 4.69) is 13.8 Å². The summed E-state index contributed by atoms with van der Waals surface area (Å²) in [5.74, 6) is -0.306. The number of aliphatic hydroxyl groups is 4. The Bertz CT molecular complexity index is 827. The van der Waals surface area contributed by atoms with Crippen LogP contribution in [-0.2, 0) is 23.7 Å². The fourth-order valence-electron chi connectivity index (χ4n) is 7.73. The molecule has 0 aliphatic carbocycles. The van der Waals surface area contributed by atoms with Gasteiger partial charge in [-0.3, -0.25) is 4.79 Å². The Morgan fingerprint density at radius 1 is 0.500 bits per heavy atom. The number of rotatable bonds is 42. The van der Waals surface area contributed by atoms with Gasteiger partial charge in [-0.1, -0.05) is 213 Å². The molecule has 1 aliphatic heterocycles. The second kappa shape index (κ2) is 39.6. The fourth-order valence-corrected chi connectivity index (χ4v) is 7.73. The standard InChI is InChI=1S/C47H92O9/c1-3-5-7-9-11-13-15-17-19-20-21-22-23-24-26-28-30-32-34-36-43(49)55-41(40-54-47-46(52)45(51)44(50)42(38-48)56-47)39-53-37-35-33-31-29-27-25-18-16-14-12-10-8-6-4-2/h41-42,44-48,50-52H,3-40H2,1-2H3. The Morgan fingerprint density at radius 3 is 1.27 bits per heavy atom. The highest BCUT2D eigenvalue weighted by atomic mass is 16.7. The molecule has 0 amide bonds. The third-order valence-corrected chi connectivity index (χ3v) is 11.5. The molecule has 1 heterocycles. The molecule has 1 saturated heterocycles. The van der Waals surface area contributed by atoms with Gasteiger partial charge in [-0.25, -0.2) is 0 Å². The second-order valence-corrected chi connectivity index (χ2v) is 16.9. The van der Waals surface area contributed by atoms with Crippen LogP contribution >= 0.6 is 0 Å². The third kappa shape index (κ3) is 30.3. The summed E-state index contributed by atoms with van der Waals surface area (Å²) < 4.78 is 22.9. The van der Waals surface area contributed by atoms with Crippen LogP contribution in [0.2, 0.25) is 0 Å². The summed E-state index contributed by atoms with van der Waals surface area (Å²) >= 11 is 0. The van der Waals surface area contributed by atoms with Crippen LogP contribution in [0.3, 0.4) is 0 Å². The SMILES string of the molecule is CCCCCCCCCCCCCCCCCCCCCC(=O)OC(COCCCCCCCCCCCCCCCC)COC1OC(CO)C(O)C(O)C1O. The van der Waals surface area contributed by atoms with Gasteiger partial charge in [-0.15, -0.1) is 0 Å². The predicted molar refractivity (Wildman–Crippen MR) is 229 cm³/mol. The minimum absolute atomic E-state index is 0.105. The molecule has 0 spiro atoms. The molecular formula is C47H92O9. The molecule has 1 fully saturated rings. The van der Waals surface area contributed by atoms with E-state index in [-0.39, 0.29) is 19.2 Å². The van der Waals surface area contributed by atoms with Crippen molar-refractivity contribution in [2.75, 3.05) is 26.4 Å². The smallest absolute Gasteiger partial charge is 0.306 e. The maximum absolute atomic E-state index is 12.8. The van der Waals surface area contributed by atoms with Gasteiger partial charge in [0.15, 0.2) is 6.29 Å². The quantitative estimate of drug-likeness (QED) is 0.0351. The molecular weight excluding hydrogens is 709 g/mol. The summed E-state index contributed by atoms with van der Waals surface area (Å²) in [6, 6.07) is 0. The summed E-state index contributed by atoms with van der Waals surface area (Å²) in [5.41, 5.74) is 0. The minimum atomic E-state index is -1.53. The molecule has 0 aromatic rings. The molecule has 6 unspecified atom stereocenters. The molecule has 0 saturated carbocycles. The molecule has 0 aromatic heterocycles. The van der Waals surface area contributed by atoms with E-state index in [1.165, 1.54) is 180 Å². The van der Waals surface area contributed by atoms with Crippen molar-refractivity contribution in [3.05, 3.63) is 0 Å². The topological polar surface area (TPSA) is 135 Å². The third-order valence-electron chi connectivity index (χ3n) is 11.5. The lowest BCUT2D eigenvalue weighted by atomic mass is 9.99. The van der Waals surface area contributed by atoms with Gasteiger partial charge in [0.25, 0.3) is 0 Å². The molecule has 0 aromatic carbocycles. The van der Waals surface area contributed by atoms with E-state index in [0.29, 0.717) is 13.0 Å². The van der Waals surface area contributed by atoms with Crippen LogP contribution < -0.4 is 0 Å². The summed E-state index contributed by atoms with van der Waals surface area (Å²) in [7, 11) is 0. The van der Waals surface area contributed by atoms with Crippen LogP contribution in [0.25, 0.3) is 0 Å². The van der Waals surface area contributed by atoms with Crippen LogP contribution in [0.5, 0.6) is 0 Å². The van der Waals surface area contributed by atoms with Gasteiger partial charge in [-0.2, -0.15) is 0 Å². The molecule has 9 heteroatoms. The van der Waals surface area contributed by atoms with E-state index < -0.39 is 43.4 Å². The Balaban J connectivity index is 2.20. The van der Waals surface area contributed by atoms with E-state index in [1.54, 1.807) is 0 Å². The van der Waals surface area contributed by atoms with Gasteiger partial charge in [0.1, 0.15) is 30.5 Å². The van der Waals surface area contributed by atoms with Crippen molar-refractivity contribution in [1.29, 1.82) is 0 Å². The Kier molecular flexibility index (Phi) is 37.7. The largest absolute Gasteiger partial charge is 0.457 e. The van der Waals surface area contributed by atoms with E-state index >= 15 is 0 Å². The van der Waals surface area contributed by atoms with Gasteiger partial charge in [0.05, 0.1) is 19.8 Å². The van der Waals surface area contributed by atoms with Crippen molar-refractivity contribution in [3.8, 4) is 0 Å². The molecule has 56 heavy (non-hydrogen) atoms. The molecule has 0 radical (unpaired) electrons. The Morgan fingerprint density at radius 2 is 0.875 bits per heavy atom. The summed E-state index contributed by atoms with van der Waals surface area (Å²) in [6.45, 7) is 4.62. The van der Waals surface area contributed by atoms with E-state index in [9.17, 15) is 25.2 Å². The summed E-state index contributed by atoms with van der Waals surface area (Å²) in [5, 5.41) is 40.1. The van der Waals surface area contributed by atoms with Crippen LogP contribution in [0.4, 0.5) is 0 Å². The fraction of sp³-hybridized carbons (Fsp3) is 0.979. The van der Waals surface area contributed by atoms with E-state index in [1.807, 2.05) is 0 Å². The van der Waals surface area contributed by atoms with Crippen LogP contribution in [0.1, 0.15) is 232 Å². The number of unbranched alkanes of at least 4 members (excludes halogenated alkanes) is 31. The van der Waals surface area contributed by atoms with Gasteiger partial charge in [0, 0.05) is 13.0 Å². The number of carbonyl (C=O) groups is 1. The van der Waals surface area contributed by atoms with Crippen molar-refractivity contribution < 1.29 is 44.2 Å². The molecule has 0 bridgehead atoms. The zero-order valence-electron chi connectivity index (χ0n) is 36.7. The van der Waals surface area contributed by atoms with Crippen LogP contribution in [-0.4, -0.2) is 89.6 Å². The average Bonchev–Trinajstić information content (AvgIpc) is 3.20. The molecule has 1 rings (SSSR count). The highest BCUT2D eigenvalue weighted by Gasteiger charge is 2.44.